The summed E-state index contributed by atoms with van der Waals surface area (Å²) in [6.45, 7) is 2.08. The van der Waals surface area contributed by atoms with Crippen LogP contribution in [0.15, 0.2) is 24.3 Å². The van der Waals surface area contributed by atoms with Gasteiger partial charge in [-0.1, -0.05) is 13.3 Å². The number of amides is 1. The van der Waals surface area contributed by atoms with Gasteiger partial charge in [0.1, 0.15) is 5.54 Å². The maximum atomic E-state index is 12.3. The molecule has 1 aromatic carbocycles. The van der Waals surface area contributed by atoms with E-state index in [-0.39, 0.29) is 11.3 Å². The first-order valence-electron chi connectivity index (χ1n) is 7.68. The minimum absolute atomic E-state index is 0.113. The molecule has 1 amide bonds. The van der Waals surface area contributed by atoms with E-state index in [0.29, 0.717) is 18.8 Å². The summed E-state index contributed by atoms with van der Waals surface area (Å²) in [7, 11) is 0. The van der Waals surface area contributed by atoms with Gasteiger partial charge >= 0.3 is 5.97 Å². The Bertz CT molecular complexity index is 603. The number of aliphatic carboxylic acids is 1. The summed E-state index contributed by atoms with van der Waals surface area (Å²) in [5.41, 5.74) is -1.14. The summed E-state index contributed by atoms with van der Waals surface area (Å²) in [5.74, 6) is -1.04. The highest BCUT2D eigenvalue weighted by molar-refractivity contribution is 5.98. The zero-order chi connectivity index (χ0) is 17.0. The van der Waals surface area contributed by atoms with E-state index in [4.69, 9.17) is 0 Å². The van der Waals surface area contributed by atoms with Gasteiger partial charge in [0, 0.05) is 17.7 Å². The smallest absolute Gasteiger partial charge is 0.329 e. The molecular weight excluding hydrogens is 300 g/mol. The van der Waals surface area contributed by atoms with Gasteiger partial charge < -0.3 is 10.4 Å². The first-order chi connectivity index (χ1) is 10.9. The largest absolute Gasteiger partial charge is 0.480 e. The van der Waals surface area contributed by atoms with Crippen LogP contribution >= 0.6 is 0 Å². The molecule has 1 saturated carbocycles. The van der Waals surface area contributed by atoms with Crippen molar-refractivity contribution in [3.8, 4) is 0 Å². The number of nitrogens with zero attached hydrogens (tertiary/aromatic N) is 1. The molecule has 0 radical (unpaired) electrons. The summed E-state index contributed by atoms with van der Waals surface area (Å²) in [6.07, 6.45) is 3.35. The number of carbonyl (C=O) groups is 2. The Kier molecular flexibility index (Phi) is 4.98. The van der Waals surface area contributed by atoms with Gasteiger partial charge in [-0.05, 0) is 43.7 Å². The van der Waals surface area contributed by atoms with E-state index in [1.807, 2.05) is 0 Å². The average molecular weight is 320 g/mol. The lowest BCUT2D eigenvalue weighted by Crippen LogP contribution is -2.56. The topological polar surface area (TPSA) is 110 Å². The summed E-state index contributed by atoms with van der Waals surface area (Å²) in [5, 5.41) is 22.8. The molecule has 124 valence electrons. The number of carbonyl (C=O) groups excluding carboxylic acids is 1. The highest BCUT2D eigenvalue weighted by Crippen LogP contribution is 2.34. The molecule has 1 aliphatic rings. The third kappa shape index (κ3) is 3.67. The summed E-state index contributed by atoms with van der Waals surface area (Å²) >= 11 is 0. The molecule has 0 spiro atoms. The maximum absolute atomic E-state index is 12.3. The number of benzene rings is 1. The molecule has 1 aromatic rings. The first-order valence-corrected chi connectivity index (χ1v) is 7.68. The predicted molar refractivity (Wildman–Crippen MR) is 83.2 cm³/mol. The standard InChI is InChI=1S/C16H20N2O5/c1-2-11-7-9-16(10-8-11,15(20)21)17-14(19)12-3-5-13(6-4-12)18(22)23/h3-6,11H,2,7-10H2,1H3,(H,17,19)(H,20,21). The first kappa shape index (κ1) is 16.9. The van der Waals surface area contributed by atoms with Crippen molar-refractivity contribution in [2.45, 2.75) is 44.6 Å². The normalized spacial score (nSPS) is 24.0. The molecule has 0 atom stereocenters. The van der Waals surface area contributed by atoms with Crippen LogP contribution in [0, 0.1) is 16.0 Å². The number of nitrogens with one attached hydrogen (secondary N) is 1. The Labute approximate surface area is 133 Å². The minimum Gasteiger partial charge on any atom is -0.480 e. The fourth-order valence-corrected chi connectivity index (χ4v) is 2.99. The molecule has 7 heteroatoms. The van der Waals surface area contributed by atoms with Gasteiger partial charge in [0.15, 0.2) is 0 Å². The number of non-ortho nitro benzene ring substituents is 1. The van der Waals surface area contributed by atoms with Crippen LogP contribution in [0.1, 0.15) is 49.4 Å². The zero-order valence-corrected chi connectivity index (χ0v) is 12.9. The van der Waals surface area contributed by atoms with E-state index in [2.05, 4.69) is 12.2 Å². The lowest BCUT2D eigenvalue weighted by molar-refractivity contribution is -0.384. The van der Waals surface area contributed by atoms with Crippen molar-refractivity contribution in [1.29, 1.82) is 0 Å². The van der Waals surface area contributed by atoms with Crippen molar-refractivity contribution < 1.29 is 19.6 Å². The minimum atomic E-state index is -1.25. The van der Waals surface area contributed by atoms with Crippen LogP contribution in [0.4, 0.5) is 5.69 Å². The molecule has 2 N–H and O–H groups in total. The van der Waals surface area contributed by atoms with Crippen molar-refractivity contribution in [3.05, 3.63) is 39.9 Å². The molecule has 0 bridgehead atoms. The van der Waals surface area contributed by atoms with Gasteiger partial charge in [0.05, 0.1) is 4.92 Å². The van der Waals surface area contributed by atoms with Gasteiger partial charge in [0.25, 0.3) is 11.6 Å². The van der Waals surface area contributed by atoms with Crippen LogP contribution in [0.25, 0.3) is 0 Å². The molecule has 0 aromatic heterocycles. The van der Waals surface area contributed by atoms with Gasteiger partial charge in [-0.2, -0.15) is 0 Å². The van der Waals surface area contributed by atoms with Gasteiger partial charge in [0.2, 0.25) is 0 Å². The van der Waals surface area contributed by atoms with Gasteiger partial charge in [-0.3, -0.25) is 14.9 Å². The highest BCUT2D eigenvalue weighted by Gasteiger charge is 2.43. The fraction of sp³-hybridized carbons (Fsp3) is 0.500. The number of carboxylic acid groups (broad SMARTS) is 1. The van der Waals surface area contributed by atoms with Crippen LogP contribution in [-0.2, 0) is 4.79 Å². The van der Waals surface area contributed by atoms with Crippen molar-refractivity contribution in [3.63, 3.8) is 0 Å². The number of carboxylic acids is 1. The summed E-state index contributed by atoms with van der Waals surface area (Å²) < 4.78 is 0. The van der Waals surface area contributed by atoms with E-state index in [0.717, 1.165) is 19.3 Å². The maximum Gasteiger partial charge on any atom is 0.329 e. The molecule has 1 aliphatic carbocycles. The third-order valence-electron chi connectivity index (χ3n) is 4.64. The number of nitro groups is 1. The molecule has 0 unspecified atom stereocenters. The second-order valence-corrected chi connectivity index (χ2v) is 6.00. The molecular formula is C16H20N2O5. The molecule has 0 aliphatic heterocycles. The van der Waals surface area contributed by atoms with Crippen molar-refractivity contribution in [1.82, 2.24) is 5.32 Å². The summed E-state index contributed by atoms with van der Waals surface area (Å²) in [4.78, 5) is 34.1. The third-order valence-corrected chi connectivity index (χ3v) is 4.64. The average Bonchev–Trinajstić information content (AvgIpc) is 2.55. The molecule has 0 saturated heterocycles. The second-order valence-electron chi connectivity index (χ2n) is 6.00. The van der Waals surface area contributed by atoms with Crippen LogP contribution in [-0.4, -0.2) is 27.4 Å². The Balaban J connectivity index is 2.12. The number of rotatable bonds is 5. The van der Waals surface area contributed by atoms with Crippen molar-refractivity contribution >= 4 is 17.6 Å². The van der Waals surface area contributed by atoms with E-state index in [1.54, 1.807) is 0 Å². The second kappa shape index (κ2) is 6.76. The Hall–Kier alpha value is -2.44. The van der Waals surface area contributed by atoms with Crippen LogP contribution in [0.5, 0.6) is 0 Å². The van der Waals surface area contributed by atoms with Crippen LogP contribution < -0.4 is 5.32 Å². The van der Waals surface area contributed by atoms with Crippen molar-refractivity contribution in [2.75, 3.05) is 0 Å². The van der Waals surface area contributed by atoms with Crippen molar-refractivity contribution in [2.24, 2.45) is 5.92 Å². The molecule has 23 heavy (non-hydrogen) atoms. The van der Waals surface area contributed by atoms with E-state index < -0.39 is 22.3 Å². The van der Waals surface area contributed by atoms with E-state index >= 15 is 0 Å². The van der Waals surface area contributed by atoms with Crippen LogP contribution in [0.3, 0.4) is 0 Å². The lowest BCUT2D eigenvalue weighted by atomic mass is 9.75. The number of nitro benzene ring substituents is 1. The molecule has 2 rings (SSSR count). The fourth-order valence-electron chi connectivity index (χ4n) is 2.99. The number of hydrogen-bond donors (Lipinski definition) is 2. The van der Waals surface area contributed by atoms with Gasteiger partial charge in [-0.15, -0.1) is 0 Å². The molecule has 0 heterocycles. The SMILES string of the molecule is CCC1CCC(NC(=O)c2ccc([N+](=O)[O-])cc2)(C(=O)O)CC1. The predicted octanol–water partition coefficient (Wildman–Crippen LogP) is 2.75. The van der Waals surface area contributed by atoms with E-state index in [1.165, 1.54) is 24.3 Å². The molecule has 7 nitrogen and oxygen atoms in total. The van der Waals surface area contributed by atoms with Gasteiger partial charge in [-0.25, -0.2) is 4.79 Å². The molecule has 1 fully saturated rings. The quantitative estimate of drug-likeness (QED) is 0.640. The lowest BCUT2D eigenvalue weighted by Gasteiger charge is -2.37. The Morgan fingerprint density at radius 3 is 2.30 bits per heavy atom. The summed E-state index contributed by atoms with van der Waals surface area (Å²) in [6, 6.07) is 5.13. The zero-order valence-electron chi connectivity index (χ0n) is 12.9. The number of hydrogen-bond acceptors (Lipinski definition) is 4. The Morgan fingerprint density at radius 2 is 1.87 bits per heavy atom. The highest BCUT2D eigenvalue weighted by atomic mass is 16.6. The monoisotopic (exact) mass is 320 g/mol. The Morgan fingerprint density at radius 1 is 1.30 bits per heavy atom. The van der Waals surface area contributed by atoms with Crippen LogP contribution in [0.2, 0.25) is 0 Å². The van der Waals surface area contributed by atoms with E-state index in [9.17, 15) is 24.8 Å².